The van der Waals surface area contributed by atoms with E-state index in [1.807, 2.05) is 0 Å². The lowest BCUT2D eigenvalue weighted by Gasteiger charge is -2.16. The lowest BCUT2D eigenvalue weighted by Crippen LogP contribution is -1.99. The quantitative estimate of drug-likeness (QED) is 0.557. The highest BCUT2D eigenvalue weighted by Crippen LogP contribution is 2.41. The molecule has 2 aliphatic rings. The minimum Gasteiger partial charge on any atom is -0.0620 e. The molecule has 0 N–H and O–H groups in total. The molecule has 0 fully saturated rings. The van der Waals surface area contributed by atoms with Crippen LogP contribution in [0.2, 0.25) is 0 Å². The van der Waals surface area contributed by atoms with Crippen LogP contribution in [0.1, 0.15) is 58.1 Å². The van der Waals surface area contributed by atoms with Gasteiger partial charge in [0.05, 0.1) is 0 Å². The summed E-state index contributed by atoms with van der Waals surface area (Å²) < 4.78 is 0. The third-order valence-corrected chi connectivity index (χ3v) is 6.01. The molecule has 2 atom stereocenters. The van der Waals surface area contributed by atoms with Crippen LogP contribution in [0.15, 0.2) is 72.8 Å². The number of fused-ring (bicyclic) bond motifs is 2. The molecule has 3 aromatic rings. The molecule has 0 amide bonds. The lowest BCUT2D eigenvalue weighted by atomic mass is 9.88. The zero-order valence-corrected chi connectivity index (χ0v) is 13.9. The average molecular weight is 310 g/mol. The van der Waals surface area contributed by atoms with Gasteiger partial charge < -0.3 is 0 Å². The standard InChI is InChI=1S/C24H22/c1-3-7-21-17(5-1)13-15-23(21)19-9-11-20(12-10-19)24-16-14-18-6-2-4-8-22(18)24/h1-12,23-24H,13-16H2. The molecule has 0 saturated carbocycles. The molecular formula is C24H22. The van der Waals surface area contributed by atoms with E-state index in [2.05, 4.69) is 72.8 Å². The van der Waals surface area contributed by atoms with Crippen LogP contribution in [0.3, 0.4) is 0 Å². The summed E-state index contributed by atoms with van der Waals surface area (Å²) in [6.45, 7) is 0. The molecule has 0 heteroatoms. The minimum atomic E-state index is 0.589. The Morgan fingerprint density at radius 3 is 1.38 bits per heavy atom. The summed E-state index contributed by atoms with van der Waals surface area (Å²) >= 11 is 0. The maximum atomic E-state index is 2.38. The monoisotopic (exact) mass is 310 g/mol. The molecule has 0 aromatic heterocycles. The minimum absolute atomic E-state index is 0.589. The van der Waals surface area contributed by atoms with E-state index >= 15 is 0 Å². The number of benzene rings is 3. The molecule has 24 heavy (non-hydrogen) atoms. The summed E-state index contributed by atoms with van der Waals surface area (Å²) in [7, 11) is 0. The van der Waals surface area contributed by atoms with E-state index in [0.717, 1.165) is 0 Å². The van der Waals surface area contributed by atoms with Crippen LogP contribution in [0, 0.1) is 0 Å². The summed E-state index contributed by atoms with van der Waals surface area (Å²) in [6, 6.07) is 27.4. The van der Waals surface area contributed by atoms with Crippen LogP contribution in [-0.4, -0.2) is 0 Å². The van der Waals surface area contributed by atoms with Gasteiger partial charge in [0, 0.05) is 11.8 Å². The molecule has 5 rings (SSSR count). The van der Waals surface area contributed by atoms with Crippen molar-refractivity contribution in [3.05, 3.63) is 106 Å². The molecule has 0 aliphatic heterocycles. The number of aryl methyl sites for hydroxylation is 2. The Kier molecular flexibility index (Phi) is 3.29. The molecule has 3 aromatic carbocycles. The molecule has 0 heterocycles. The highest BCUT2D eigenvalue weighted by Gasteiger charge is 2.25. The molecule has 0 saturated heterocycles. The van der Waals surface area contributed by atoms with Crippen molar-refractivity contribution in [3.8, 4) is 0 Å². The van der Waals surface area contributed by atoms with Gasteiger partial charge in [-0.15, -0.1) is 0 Å². The second kappa shape index (κ2) is 5.63. The summed E-state index contributed by atoms with van der Waals surface area (Å²) in [5.74, 6) is 1.18. The molecule has 2 unspecified atom stereocenters. The largest absolute Gasteiger partial charge is 0.0620 e. The fourth-order valence-electron chi connectivity index (χ4n) is 4.77. The van der Waals surface area contributed by atoms with Crippen molar-refractivity contribution in [2.24, 2.45) is 0 Å². The van der Waals surface area contributed by atoms with E-state index in [1.165, 1.54) is 59.1 Å². The van der Waals surface area contributed by atoms with E-state index in [9.17, 15) is 0 Å². The van der Waals surface area contributed by atoms with Gasteiger partial charge in [-0.3, -0.25) is 0 Å². The van der Waals surface area contributed by atoms with Crippen LogP contribution in [0.25, 0.3) is 0 Å². The molecule has 118 valence electrons. The van der Waals surface area contributed by atoms with Crippen LogP contribution < -0.4 is 0 Å². The van der Waals surface area contributed by atoms with Gasteiger partial charge in [-0.05, 0) is 59.1 Å². The first-order chi connectivity index (χ1) is 11.9. The van der Waals surface area contributed by atoms with E-state index in [1.54, 1.807) is 0 Å². The summed E-state index contributed by atoms with van der Waals surface area (Å²) in [5.41, 5.74) is 9.12. The molecule has 0 radical (unpaired) electrons. The van der Waals surface area contributed by atoms with Gasteiger partial charge in [-0.25, -0.2) is 0 Å². The van der Waals surface area contributed by atoms with Crippen LogP contribution in [-0.2, 0) is 12.8 Å². The normalized spacial score (nSPS) is 21.5. The zero-order valence-electron chi connectivity index (χ0n) is 13.9. The molecule has 0 bridgehead atoms. The van der Waals surface area contributed by atoms with E-state index in [-0.39, 0.29) is 0 Å². The van der Waals surface area contributed by atoms with Gasteiger partial charge in [0.15, 0.2) is 0 Å². The van der Waals surface area contributed by atoms with Crippen molar-refractivity contribution in [1.29, 1.82) is 0 Å². The average Bonchev–Trinajstić information content (AvgIpc) is 3.26. The zero-order chi connectivity index (χ0) is 15.9. The topological polar surface area (TPSA) is 0 Å². The predicted molar refractivity (Wildman–Crippen MR) is 99.7 cm³/mol. The fourth-order valence-corrected chi connectivity index (χ4v) is 4.77. The van der Waals surface area contributed by atoms with Gasteiger partial charge >= 0.3 is 0 Å². The van der Waals surface area contributed by atoms with E-state index in [4.69, 9.17) is 0 Å². The molecular weight excluding hydrogens is 288 g/mol. The van der Waals surface area contributed by atoms with Crippen molar-refractivity contribution in [2.75, 3.05) is 0 Å². The SMILES string of the molecule is c1ccc2c(c1)CCC2c1ccc(C2CCc3ccccc32)cc1. The second-order valence-corrected chi connectivity index (χ2v) is 7.25. The first kappa shape index (κ1) is 14.0. The van der Waals surface area contributed by atoms with Crippen LogP contribution >= 0.6 is 0 Å². The number of rotatable bonds is 2. The maximum Gasteiger partial charge on any atom is 0.00952 e. The summed E-state index contributed by atoms with van der Waals surface area (Å²) in [5, 5.41) is 0. The highest BCUT2D eigenvalue weighted by atomic mass is 14.3. The Bertz CT molecular complexity index is 798. The Labute approximate surface area is 144 Å². The van der Waals surface area contributed by atoms with Crippen molar-refractivity contribution in [2.45, 2.75) is 37.5 Å². The van der Waals surface area contributed by atoms with Gasteiger partial charge in [0.25, 0.3) is 0 Å². The summed E-state index contributed by atoms with van der Waals surface area (Å²) in [6.07, 6.45) is 4.95. The van der Waals surface area contributed by atoms with Crippen molar-refractivity contribution in [3.63, 3.8) is 0 Å². The van der Waals surface area contributed by atoms with E-state index < -0.39 is 0 Å². The third kappa shape index (κ3) is 2.21. The van der Waals surface area contributed by atoms with E-state index in [0.29, 0.717) is 11.8 Å². The smallest absolute Gasteiger partial charge is 0.00952 e. The van der Waals surface area contributed by atoms with Crippen molar-refractivity contribution in [1.82, 2.24) is 0 Å². The Morgan fingerprint density at radius 2 is 0.917 bits per heavy atom. The molecule has 0 spiro atoms. The highest BCUT2D eigenvalue weighted by molar-refractivity contribution is 5.46. The van der Waals surface area contributed by atoms with Gasteiger partial charge in [-0.1, -0.05) is 72.8 Å². The molecule has 2 aliphatic carbocycles. The van der Waals surface area contributed by atoms with Crippen molar-refractivity contribution >= 4 is 0 Å². The number of hydrogen-bond acceptors (Lipinski definition) is 0. The summed E-state index contributed by atoms with van der Waals surface area (Å²) in [4.78, 5) is 0. The van der Waals surface area contributed by atoms with Gasteiger partial charge in [-0.2, -0.15) is 0 Å². The second-order valence-electron chi connectivity index (χ2n) is 7.25. The van der Waals surface area contributed by atoms with Gasteiger partial charge in [0.2, 0.25) is 0 Å². The molecule has 0 nitrogen and oxygen atoms in total. The first-order valence-corrected chi connectivity index (χ1v) is 9.15. The van der Waals surface area contributed by atoms with Crippen molar-refractivity contribution < 1.29 is 0 Å². The number of hydrogen-bond donors (Lipinski definition) is 0. The van der Waals surface area contributed by atoms with Crippen LogP contribution in [0.4, 0.5) is 0 Å². The Balaban J connectivity index is 1.45. The Hall–Kier alpha value is -2.34. The predicted octanol–water partition coefficient (Wildman–Crippen LogP) is 5.84. The third-order valence-electron chi connectivity index (χ3n) is 6.01. The first-order valence-electron chi connectivity index (χ1n) is 9.15. The van der Waals surface area contributed by atoms with Gasteiger partial charge in [0.1, 0.15) is 0 Å². The Morgan fingerprint density at radius 1 is 0.500 bits per heavy atom. The lowest BCUT2D eigenvalue weighted by molar-refractivity contribution is 0.774. The van der Waals surface area contributed by atoms with Crippen LogP contribution in [0.5, 0.6) is 0 Å². The fraction of sp³-hybridized carbons (Fsp3) is 0.250. The maximum absolute atomic E-state index is 2.38.